The number of para-hydroxylation sites is 1. The van der Waals surface area contributed by atoms with Gasteiger partial charge in [0.05, 0.1) is 0 Å². The van der Waals surface area contributed by atoms with E-state index in [1.165, 1.54) is 10.9 Å². The second-order valence-electron chi connectivity index (χ2n) is 6.47. The van der Waals surface area contributed by atoms with Gasteiger partial charge in [-0.1, -0.05) is 29.8 Å². The normalized spacial score (nSPS) is 11.0. The van der Waals surface area contributed by atoms with Crippen molar-refractivity contribution >= 4 is 28.4 Å². The Morgan fingerprint density at radius 2 is 1.89 bits per heavy atom. The van der Waals surface area contributed by atoms with Crippen LogP contribution in [0.5, 0.6) is 0 Å². The van der Waals surface area contributed by atoms with Crippen LogP contribution in [0.2, 0.25) is 5.02 Å². The zero-order valence-corrected chi connectivity index (χ0v) is 15.9. The van der Waals surface area contributed by atoms with Crippen molar-refractivity contribution in [2.45, 2.75) is 19.3 Å². The highest BCUT2D eigenvalue weighted by Gasteiger charge is 2.11. The van der Waals surface area contributed by atoms with E-state index in [1.807, 2.05) is 36.5 Å². The molecular formula is C21H19ClN4O2. The highest BCUT2D eigenvalue weighted by atomic mass is 35.5. The Balaban J connectivity index is 1.25. The molecule has 142 valence electrons. The first-order valence-corrected chi connectivity index (χ1v) is 9.47. The van der Waals surface area contributed by atoms with Gasteiger partial charge in [-0.05, 0) is 42.3 Å². The molecule has 28 heavy (non-hydrogen) atoms. The molecule has 0 aliphatic carbocycles. The average molecular weight is 395 g/mol. The molecule has 1 amide bonds. The zero-order valence-electron chi connectivity index (χ0n) is 15.1. The molecule has 0 radical (unpaired) electrons. The maximum Gasteiger partial charge on any atom is 0.247 e. The van der Waals surface area contributed by atoms with E-state index in [0.717, 1.165) is 17.5 Å². The molecule has 7 heteroatoms. The van der Waals surface area contributed by atoms with Gasteiger partial charge in [0.25, 0.3) is 0 Å². The van der Waals surface area contributed by atoms with Crippen LogP contribution in [0.1, 0.15) is 17.9 Å². The minimum Gasteiger partial charge on any atom is -0.421 e. The number of halogens is 1. The number of aryl methyl sites for hydroxylation is 1. The molecule has 0 atom stereocenters. The van der Waals surface area contributed by atoms with E-state index in [0.29, 0.717) is 36.2 Å². The molecule has 4 aromatic rings. The quantitative estimate of drug-likeness (QED) is 0.493. The maximum atomic E-state index is 12.1. The molecule has 2 aromatic carbocycles. The number of carbonyl (C=O) groups is 1. The second-order valence-corrected chi connectivity index (χ2v) is 6.90. The lowest BCUT2D eigenvalue weighted by atomic mass is 10.1. The number of benzene rings is 2. The van der Waals surface area contributed by atoms with Gasteiger partial charge in [-0.2, -0.15) is 0 Å². The van der Waals surface area contributed by atoms with Crippen molar-refractivity contribution in [2.24, 2.45) is 0 Å². The van der Waals surface area contributed by atoms with E-state index >= 15 is 0 Å². The van der Waals surface area contributed by atoms with E-state index in [1.54, 1.807) is 12.1 Å². The Morgan fingerprint density at radius 1 is 1.07 bits per heavy atom. The van der Waals surface area contributed by atoms with Crippen molar-refractivity contribution in [3.63, 3.8) is 0 Å². The maximum absolute atomic E-state index is 12.1. The van der Waals surface area contributed by atoms with Gasteiger partial charge in [-0.15, -0.1) is 10.2 Å². The molecule has 0 aliphatic rings. The molecule has 6 nitrogen and oxygen atoms in total. The lowest BCUT2D eigenvalue weighted by Gasteiger charge is -2.03. The SMILES string of the molecule is O=C(CCc1nnc(-c2ccc(Cl)cc2)o1)NCCc1c[nH]c2ccccc12. The molecule has 4 rings (SSSR count). The van der Waals surface area contributed by atoms with E-state index in [2.05, 4.69) is 26.6 Å². The van der Waals surface area contributed by atoms with Crippen LogP contribution in [0, 0.1) is 0 Å². The zero-order chi connectivity index (χ0) is 19.3. The van der Waals surface area contributed by atoms with E-state index in [9.17, 15) is 4.79 Å². The minimum atomic E-state index is -0.0360. The summed E-state index contributed by atoms with van der Waals surface area (Å²) in [6.45, 7) is 0.584. The third kappa shape index (κ3) is 4.23. The number of hydrogen-bond donors (Lipinski definition) is 2. The molecule has 0 saturated carbocycles. The van der Waals surface area contributed by atoms with Gasteiger partial charge >= 0.3 is 0 Å². The highest BCUT2D eigenvalue weighted by molar-refractivity contribution is 6.30. The fraction of sp³-hybridized carbons (Fsp3) is 0.190. The number of H-pyrrole nitrogens is 1. The standard InChI is InChI=1S/C21H19ClN4O2/c22-16-7-5-14(6-8-16)21-26-25-20(28-21)10-9-19(27)23-12-11-15-13-24-18-4-2-1-3-17(15)18/h1-8,13,24H,9-12H2,(H,23,27). The van der Waals surface area contributed by atoms with Crippen LogP contribution in [0.25, 0.3) is 22.4 Å². The van der Waals surface area contributed by atoms with Crippen molar-refractivity contribution in [1.82, 2.24) is 20.5 Å². The summed E-state index contributed by atoms with van der Waals surface area (Å²) in [5.41, 5.74) is 3.10. The van der Waals surface area contributed by atoms with Crippen LogP contribution in [0.4, 0.5) is 0 Å². The van der Waals surface area contributed by atoms with Crippen LogP contribution in [-0.4, -0.2) is 27.6 Å². The minimum absolute atomic E-state index is 0.0360. The number of nitrogens with zero attached hydrogens (tertiary/aromatic N) is 2. The molecule has 2 heterocycles. The monoisotopic (exact) mass is 394 g/mol. The van der Waals surface area contributed by atoms with Gasteiger partial charge in [0.2, 0.25) is 17.7 Å². The molecule has 0 saturated heterocycles. The molecular weight excluding hydrogens is 376 g/mol. The van der Waals surface area contributed by atoms with Gasteiger partial charge in [0.1, 0.15) is 0 Å². The van der Waals surface area contributed by atoms with Gasteiger partial charge in [0, 0.05) is 47.1 Å². The lowest BCUT2D eigenvalue weighted by Crippen LogP contribution is -2.25. The topological polar surface area (TPSA) is 83.8 Å². The molecule has 2 aromatic heterocycles. The smallest absolute Gasteiger partial charge is 0.247 e. The molecule has 0 spiro atoms. The number of hydrogen-bond acceptors (Lipinski definition) is 4. The number of fused-ring (bicyclic) bond motifs is 1. The van der Waals surface area contributed by atoms with Crippen LogP contribution >= 0.6 is 11.6 Å². The van der Waals surface area contributed by atoms with E-state index < -0.39 is 0 Å². The first-order chi connectivity index (χ1) is 13.7. The predicted octanol–water partition coefficient (Wildman–Crippen LogP) is 4.16. The van der Waals surface area contributed by atoms with Gasteiger partial charge < -0.3 is 14.7 Å². The number of nitrogens with one attached hydrogen (secondary N) is 2. The van der Waals surface area contributed by atoms with E-state index in [4.69, 9.17) is 16.0 Å². The fourth-order valence-corrected chi connectivity index (χ4v) is 3.17. The Labute approximate surface area is 166 Å². The van der Waals surface area contributed by atoms with Gasteiger partial charge in [-0.3, -0.25) is 4.79 Å². The van der Waals surface area contributed by atoms with Crippen LogP contribution < -0.4 is 5.32 Å². The number of carbonyl (C=O) groups excluding carboxylic acids is 1. The molecule has 0 aliphatic heterocycles. The Morgan fingerprint density at radius 3 is 2.75 bits per heavy atom. The Hall–Kier alpha value is -3.12. The van der Waals surface area contributed by atoms with Crippen LogP contribution in [-0.2, 0) is 17.6 Å². The first kappa shape index (κ1) is 18.3. The fourth-order valence-electron chi connectivity index (χ4n) is 3.05. The molecule has 2 N–H and O–H groups in total. The molecule has 0 bridgehead atoms. The Bertz CT molecular complexity index is 1090. The summed E-state index contributed by atoms with van der Waals surface area (Å²) in [6.07, 6.45) is 3.47. The summed E-state index contributed by atoms with van der Waals surface area (Å²) in [5, 5.41) is 12.8. The predicted molar refractivity (Wildman–Crippen MR) is 108 cm³/mol. The summed E-state index contributed by atoms with van der Waals surface area (Å²) < 4.78 is 5.62. The van der Waals surface area contributed by atoms with Gasteiger partial charge in [0.15, 0.2) is 0 Å². The first-order valence-electron chi connectivity index (χ1n) is 9.09. The number of rotatable bonds is 7. The lowest BCUT2D eigenvalue weighted by molar-refractivity contribution is -0.121. The summed E-state index contributed by atoms with van der Waals surface area (Å²) in [6, 6.07) is 15.3. The van der Waals surface area contributed by atoms with Crippen LogP contribution in [0.3, 0.4) is 0 Å². The van der Waals surface area contributed by atoms with Crippen LogP contribution in [0.15, 0.2) is 59.1 Å². The van der Waals surface area contributed by atoms with Crippen molar-refractivity contribution in [2.75, 3.05) is 6.54 Å². The summed E-state index contributed by atoms with van der Waals surface area (Å²) in [7, 11) is 0. The third-order valence-corrected chi connectivity index (χ3v) is 4.77. The third-order valence-electron chi connectivity index (χ3n) is 4.52. The summed E-state index contributed by atoms with van der Waals surface area (Å²) >= 11 is 5.88. The van der Waals surface area contributed by atoms with Crippen molar-refractivity contribution in [1.29, 1.82) is 0 Å². The number of amides is 1. The molecule has 0 fully saturated rings. The number of aromatic nitrogens is 3. The van der Waals surface area contributed by atoms with Crippen molar-refractivity contribution in [3.05, 3.63) is 71.2 Å². The second kappa shape index (κ2) is 8.27. The summed E-state index contributed by atoms with van der Waals surface area (Å²) in [4.78, 5) is 15.3. The van der Waals surface area contributed by atoms with Crippen molar-refractivity contribution in [3.8, 4) is 11.5 Å². The number of aromatic amines is 1. The van der Waals surface area contributed by atoms with Crippen molar-refractivity contribution < 1.29 is 9.21 Å². The average Bonchev–Trinajstić information content (AvgIpc) is 3.35. The highest BCUT2D eigenvalue weighted by Crippen LogP contribution is 2.20. The van der Waals surface area contributed by atoms with Gasteiger partial charge in [-0.25, -0.2) is 0 Å². The van der Waals surface area contributed by atoms with E-state index in [-0.39, 0.29) is 5.91 Å². The largest absolute Gasteiger partial charge is 0.421 e. The Kier molecular flexibility index (Phi) is 5.39. The summed E-state index contributed by atoms with van der Waals surface area (Å²) in [5.74, 6) is 0.828. The molecule has 0 unspecified atom stereocenters.